The number of hydrogen-bond donors (Lipinski definition) is 3. The van der Waals surface area contributed by atoms with Gasteiger partial charge in [-0.25, -0.2) is 24.4 Å². The third-order valence-electron chi connectivity index (χ3n) is 3.99. The average Bonchev–Trinajstić information content (AvgIpc) is 2.65. The molecule has 2 rings (SSSR count). The van der Waals surface area contributed by atoms with Crippen molar-refractivity contribution in [1.82, 2.24) is 0 Å². The number of sulfonamides is 2. The van der Waals surface area contributed by atoms with Crippen LogP contribution < -0.4 is 26.6 Å². The van der Waals surface area contributed by atoms with E-state index in [1.165, 1.54) is 31.1 Å². The summed E-state index contributed by atoms with van der Waals surface area (Å²) in [6.07, 6.45) is 0. The van der Waals surface area contributed by atoms with Crippen molar-refractivity contribution in [3.8, 4) is 0 Å². The zero-order valence-electron chi connectivity index (χ0n) is 15.9. The van der Waals surface area contributed by atoms with Gasteiger partial charge in [-0.05, 0) is 30.3 Å². The second kappa shape index (κ2) is 8.20. The molecular weight excluding hydrogens is 456 g/mol. The molecule has 0 aromatic heterocycles. The number of anilines is 3. The number of hydrogen-bond acceptors (Lipinski definition) is 8. The van der Waals surface area contributed by atoms with Crippen LogP contribution in [-0.4, -0.2) is 43.6 Å². The molecule has 162 valence electrons. The minimum absolute atomic E-state index is 0.0147. The van der Waals surface area contributed by atoms with Crippen LogP contribution in [0.3, 0.4) is 0 Å². The number of rotatable bonds is 6. The lowest BCUT2D eigenvalue weighted by molar-refractivity contribution is 0.0984. The van der Waals surface area contributed by atoms with Crippen LogP contribution in [0.25, 0.3) is 0 Å². The SMILES string of the molecule is C=NS(=O)(=O)c1c(C(=O)N(N)c2ccc(S(N)(=O)=O)cc2N)ccc(Cl)c1N(C)C. The Balaban J connectivity index is 2.70. The van der Waals surface area contributed by atoms with Gasteiger partial charge in [-0.15, -0.1) is 0 Å². The summed E-state index contributed by atoms with van der Waals surface area (Å²) in [6, 6.07) is 5.78. The third-order valence-corrected chi connectivity index (χ3v) is 6.48. The first-order valence-electron chi connectivity index (χ1n) is 7.96. The average molecular weight is 475 g/mol. The molecule has 0 aliphatic rings. The smallest absolute Gasteiger partial charge is 0.284 e. The van der Waals surface area contributed by atoms with Crippen molar-refractivity contribution in [3.05, 3.63) is 40.9 Å². The summed E-state index contributed by atoms with van der Waals surface area (Å²) in [7, 11) is -5.34. The number of hydrazine groups is 1. The largest absolute Gasteiger partial charge is 0.397 e. The molecule has 0 atom stereocenters. The molecule has 0 saturated carbocycles. The van der Waals surface area contributed by atoms with Gasteiger partial charge in [0.05, 0.1) is 32.5 Å². The zero-order chi connectivity index (χ0) is 23.0. The molecule has 30 heavy (non-hydrogen) atoms. The molecule has 11 nitrogen and oxygen atoms in total. The second-order valence-electron chi connectivity index (χ2n) is 6.21. The number of carbonyl (C=O) groups is 1. The van der Waals surface area contributed by atoms with E-state index in [0.29, 0.717) is 5.01 Å². The van der Waals surface area contributed by atoms with Crippen LogP contribution in [0.4, 0.5) is 17.1 Å². The molecule has 0 unspecified atom stereocenters. The van der Waals surface area contributed by atoms with Gasteiger partial charge in [-0.1, -0.05) is 11.6 Å². The van der Waals surface area contributed by atoms with E-state index in [9.17, 15) is 21.6 Å². The lowest BCUT2D eigenvalue weighted by atomic mass is 10.1. The van der Waals surface area contributed by atoms with Crippen LogP contribution >= 0.6 is 11.6 Å². The van der Waals surface area contributed by atoms with Gasteiger partial charge in [0, 0.05) is 20.8 Å². The topological polar surface area (TPSA) is 182 Å². The fourth-order valence-electron chi connectivity index (χ4n) is 2.63. The van der Waals surface area contributed by atoms with Crippen LogP contribution in [0.5, 0.6) is 0 Å². The van der Waals surface area contributed by atoms with Crippen molar-refractivity contribution in [2.75, 3.05) is 29.7 Å². The molecule has 0 radical (unpaired) electrons. The predicted molar refractivity (Wildman–Crippen MR) is 116 cm³/mol. The normalized spacial score (nSPS) is 11.8. The Morgan fingerprint density at radius 1 is 1.13 bits per heavy atom. The highest BCUT2D eigenvalue weighted by molar-refractivity contribution is 7.90. The number of carbonyl (C=O) groups excluding carboxylic acids is 1. The molecule has 14 heteroatoms. The van der Waals surface area contributed by atoms with E-state index in [1.54, 1.807) is 0 Å². The maximum atomic E-state index is 13.1. The molecule has 2 aromatic rings. The third kappa shape index (κ3) is 4.39. The molecule has 1 amide bonds. The van der Waals surface area contributed by atoms with Crippen molar-refractivity contribution in [2.45, 2.75) is 9.79 Å². The first-order valence-corrected chi connectivity index (χ1v) is 11.3. The summed E-state index contributed by atoms with van der Waals surface area (Å²) in [5.41, 5.74) is 5.24. The number of nitrogen functional groups attached to an aromatic ring is 1. The maximum Gasteiger partial charge on any atom is 0.284 e. The molecule has 0 bridgehead atoms. The Bertz CT molecular complexity index is 1250. The molecule has 0 aliphatic heterocycles. The van der Waals surface area contributed by atoms with Crippen LogP contribution in [0.15, 0.2) is 44.5 Å². The summed E-state index contributed by atoms with van der Waals surface area (Å²) in [5, 5.41) is 5.68. The van der Waals surface area contributed by atoms with Crippen LogP contribution in [-0.2, 0) is 20.0 Å². The van der Waals surface area contributed by atoms with Gasteiger partial charge in [0.25, 0.3) is 15.9 Å². The van der Waals surface area contributed by atoms with E-state index in [0.717, 1.165) is 18.2 Å². The Morgan fingerprint density at radius 2 is 1.73 bits per heavy atom. The molecule has 0 aliphatic carbocycles. The first kappa shape index (κ1) is 23.6. The van der Waals surface area contributed by atoms with Crippen molar-refractivity contribution < 1.29 is 21.6 Å². The molecule has 0 spiro atoms. The van der Waals surface area contributed by atoms with Gasteiger partial charge in [0.15, 0.2) is 0 Å². The molecule has 2 aromatic carbocycles. The Kier molecular flexibility index (Phi) is 6.44. The number of primary sulfonamides is 1. The first-order chi connectivity index (χ1) is 13.7. The summed E-state index contributed by atoms with van der Waals surface area (Å²) in [6.45, 7) is 3.04. The fraction of sp³-hybridized carbons (Fsp3) is 0.125. The highest BCUT2D eigenvalue weighted by atomic mass is 35.5. The van der Waals surface area contributed by atoms with E-state index in [-0.39, 0.29) is 32.5 Å². The van der Waals surface area contributed by atoms with Gasteiger partial charge in [0.1, 0.15) is 4.90 Å². The Hall–Kier alpha value is -2.71. The molecule has 0 saturated heterocycles. The van der Waals surface area contributed by atoms with Crippen LogP contribution in [0.1, 0.15) is 10.4 Å². The highest BCUT2D eigenvalue weighted by Gasteiger charge is 2.31. The van der Waals surface area contributed by atoms with E-state index < -0.39 is 30.8 Å². The zero-order valence-corrected chi connectivity index (χ0v) is 18.3. The summed E-state index contributed by atoms with van der Waals surface area (Å²) < 4.78 is 51.1. The van der Waals surface area contributed by atoms with E-state index in [4.69, 9.17) is 28.3 Å². The van der Waals surface area contributed by atoms with Gasteiger partial charge >= 0.3 is 0 Å². The maximum absolute atomic E-state index is 13.1. The minimum Gasteiger partial charge on any atom is -0.397 e. The van der Waals surface area contributed by atoms with Crippen molar-refractivity contribution in [1.29, 1.82) is 0 Å². The van der Waals surface area contributed by atoms with E-state index >= 15 is 0 Å². The van der Waals surface area contributed by atoms with Crippen LogP contribution in [0, 0.1) is 0 Å². The van der Waals surface area contributed by atoms with Gasteiger partial charge in [-0.3, -0.25) is 4.79 Å². The summed E-state index contributed by atoms with van der Waals surface area (Å²) in [4.78, 5) is 13.7. The highest BCUT2D eigenvalue weighted by Crippen LogP contribution is 2.37. The van der Waals surface area contributed by atoms with Crippen molar-refractivity contribution >= 4 is 61.3 Å². The molecular formula is C16H19ClN6O5S2. The lowest BCUT2D eigenvalue weighted by Crippen LogP contribution is -2.39. The number of nitrogens with zero attached hydrogens (tertiary/aromatic N) is 3. The van der Waals surface area contributed by atoms with Crippen molar-refractivity contribution in [2.24, 2.45) is 15.4 Å². The van der Waals surface area contributed by atoms with Gasteiger partial charge in [0.2, 0.25) is 10.0 Å². The number of amides is 1. The molecule has 0 heterocycles. The van der Waals surface area contributed by atoms with Gasteiger partial charge < -0.3 is 10.6 Å². The summed E-state index contributed by atoms with van der Waals surface area (Å²) >= 11 is 6.13. The number of benzene rings is 2. The molecule has 6 N–H and O–H groups in total. The Labute approximate surface area is 178 Å². The summed E-state index contributed by atoms with van der Waals surface area (Å²) in [5.74, 6) is 4.92. The molecule has 0 fully saturated rings. The number of nitrogens with two attached hydrogens (primary N) is 3. The van der Waals surface area contributed by atoms with Gasteiger partial charge in [-0.2, -0.15) is 12.8 Å². The lowest BCUT2D eigenvalue weighted by Gasteiger charge is -2.23. The minimum atomic E-state index is -4.37. The fourth-order valence-corrected chi connectivity index (χ4v) is 4.66. The van der Waals surface area contributed by atoms with E-state index in [1.807, 2.05) is 0 Å². The quantitative estimate of drug-likeness (QED) is 0.178. The predicted octanol–water partition coefficient (Wildman–Crippen LogP) is 0.545. The Morgan fingerprint density at radius 3 is 2.20 bits per heavy atom. The van der Waals surface area contributed by atoms with Crippen LogP contribution in [0.2, 0.25) is 5.02 Å². The van der Waals surface area contributed by atoms with E-state index in [2.05, 4.69) is 11.1 Å². The second-order valence-corrected chi connectivity index (χ2v) is 9.80. The standard InChI is InChI=1S/C16H19ClN6O5S2/c1-21-30(27,28)15-10(5-6-11(17)14(15)22(2)3)16(24)23(19)13-7-4-9(8-12(13)18)29(20,25)26/h4-8H,1,18-19H2,2-3H3,(H2,20,25,26). The number of halogens is 1. The van der Waals surface area contributed by atoms with Crippen molar-refractivity contribution in [3.63, 3.8) is 0 Å². The monoisotopic (exact) mass is 474 g/mol.